The van der Waals surface area contributed by atoms with E-state index in [1.54, 1.807) is 0 Å². The third kappa shape index (κ3) is 7.80. The van der Waals surface area contributed by atoms with Crippen molar-refractivity contribution in [3.63, 3.8) is 0 Å². The van der Waals surface area contributed by atoms with Crippen LogP contribution in [0.15, 0.2) is 12.2 Å². The molecule has 0 fully saturated rings. The summed E-state index contributed by atoms with van der Waals surface area (Å²) in [5.74, 6) is 0.677. The van der Waals surface area contributed by atoms with E-state index < -0.39 is 0 Å². The summed E-state index contributed by atoms with van der Waals surface area (Å²) in [6.45, 7) is 5.57. The lowest BCUT2D eigenvalue weighted by Crippen LogP contribution is -2.14. The molecule has 0 radical (unpaired) electrons. The van der Waals surface area contributed by atoms with Crippen LogP contribution in [-0.2, 0) is 0 Å². The Balaban J connectivity index is 3.22. The Morgan fingerprint density at radius 2 is 2.08 bits per heavy atom. The summed E-state index contributed by atoms with van der Waals surface area (Å²) in [6, 6.07) is 0. The van der Waals surface area contributed by atoms with Crippen molar-refractivity contribution >= 4 is 0 Å². The third-order valence-corrected chi connectivity index (χ3v) is 1.97. The van der Waals surface area contributed by atoms with Gasteiger partial charge in [-0.1, -0.05) is 38.8 Å². The Morgan fingerprint density at radius 3 is 2.67 bits per heavy atom. The van der Waals surface area contributed by atoms with Gasteiger partial charge in [0.25, 0.3) is 0 Å². The quantitative estimate of drug-likeness (QED) is 0.456. The van der Waals surface area contributed by atoms with Gasteiger partial charge in [0, 0.05) is 6.54 Å². The summed E-state index contributed by atoms with van der Waals surface area (Å²) >= 11 is 0. The average molecular weight is 169 g/mol. The fourth-order valence-electron chi connectivity index (χ4n) is 1.23. The highest BCUT2D eigenvalue weighted by atomic mass is 14.8. The first-order chi connectivity index (χ1) is 5.81. The van der Waals surface area contributed by atoms with Gasteiger partial charge in [0.05, 0.1) is 0 Å². The molecule has 0 saturated heterocycles. The van der Waals surface area contributed by atoms with Crippen LogP contribution in [0.25, 0.3) is 0 Å². The molecule has 1 nitrogen and oxygen atoms in total. The molecule has 0 amide bonds. The number of allylic oxidation sites excluding steroid dienone is 1. The van der Waals surface area contributed by atoms with E-state index in [1.165, 1.54) is 25.7 Å². The Labute approximate surface area is 77.2 Å². The first-order valence-electron chi connectivity index (χ1n) is 5.12. The van der Waals surface area contributed by atoms with Crippen molar-refractivity contribution in [3.8, 4) is 0 Å². The third-order valence-electron chi connectivity index (χ3n) is 1.97. The lowest BCUT2D eigenvalue weighted by Gasteiger charge is -2.03. The van der Waals surface area contributed by atoms with Gasteiger partial charge in [0.15, 0.2) is 0 Å². The fourth-order valence-corrected chi connectivity index (χ4v) is 1.23. The minimum Gasteiger partial charge on any atom is -0.319 e. The van der Waals surface area contributed by atoms with E-state index in [1.807, 2.05) is 7.05 Å². The van der Waals surface area contributed by atoms with Gasteiger partial charge in [-0.2, -0.15) is 0 Å². The first kappa shape index (κ1) is 11.7. The predicted molar refractivity (Wildman–Crippen MR) is 56.4 cm³/mol. The summed E-state index contributed by atoms with van der Waals surface area (Å²) in [4.78, 5) is 0. The van der Waals surface area contributed by atoms with Crippen molar-refractivity contribution in [2.75, 3.05) is 13.6 Å². The van der Waals surface area contributed by atoms with E-state index in [0.717, 1.165) is 6.54 Å². The number of hydrogen-bond donors (Lipinski definition) is 1. The molecule has 0 spiro atoms. The highest BCUT2D eigenvalue weighted by Crippen LogP contribution is 2.02. The highest BCUT2D eigenvalue weighted by molar-refractivity contribution is 4.86. The number of rotatable bonds is 7. The number of nitrogens with one attached hydrogen (secondary N) is 1. The van der Waals surface area contributed by atoms with Crippen molar-refractivity contribution in [1.29, 1.82) is 0 Å². The summed E-state index contributed by atoms with van der Waals surface area (Å²) in [5, 5.41) is 3.17. The minimum absolute atomic E-state index is 0.677. The highest BCUT2D eigenvalue weighted by Gasteiger charge is 1.91. The maximum absolute atomic E-state index is 3.17. The topological polar surface area (TPSA) is 12.0 Å². The van der Waals surface area contributed by atoms with Crippen LogP contribution in [0.4, 0.5) is 0 Å². The van der Waals surface area contributed by atoms with Gasteiger partial charge in [-0.15, -0.1) is 0 Å². The molecule has 1 heteroatoms. The van der Waals surface area contributed by atoms with Gasteiger partial charge in [0.1, 0.15) is 0 Å². The van der Waals surface area contributed by atoms with Crippen LogP contribution in [-0.4, -0.2) is 13.6 Å². The van der Waals surface area contributed by atoms with Crippen molar-refractivity contribution in [1.82, 2.24) is 5.32 Å². The van der Waals surface area contributed by atoms with Crippen molar-refractivity contribution < 1.29 is 0 Å². The normalized spacial score (nSPS) is 13.9. The van der Waals surface area contributed by atoms with Crippen LogP contribution < -0.4 is 5.32 Å². The minimum atomic E-state index is 0.677. The maximum atomic E-state index is 3.17. The van der Waals surface area contributed by atoms with Gasteiger partial charge < -0.3 is 5.32 Å². The molecule has 0 heterocycles. The first-order valence-corrected chi connectivity index (χ1v) is 5.12. The van der Waals surface area contributed by atoms with E-state index in [0.29, 0.717) is 5.92 Å². The lowest BCUT2D eigenvalue weighted by atomic mass is 10.1. The van der Waals surface area contributed by atoms with Crippen molar-refractivity contribution in [3.05, 3.63) is 12.2 Å². The molecule has 0 aliphatic heterocycles. The molecule has 72 valence electrons. The number of unbranched alkanes of at least 4 members (excludes halogenated alkanes) is 3. The van der Waals surface area contributed by atoms with Crippen LogP contribution in [0.5, 0.6) is 0 Å². The second-order valence-electron chi connectivity index (χ2n) is 3.46. The van der Waals surface area contributed by atoms with Gasteiger partial charge in [0.2, 0.25) is 0 Å². The van der Waals surface area contributed by atoms with Crippen LogP contribution in [0.3, 0.4) is 0 Å². The molecule has 1 N–H and O–H groups in total. The molecule has 0 saturated carbocycles. The van der Waals surface area contributed by atoms with Crippen LogP contribution >= 0.6 is 0 Å². The zero-order chi connectivity index (χ0) is 9.23. The largest absolute Gasteiger partial charge is 0.319 e. The average Bonchev–Trinajstić information content (AvgIpc) is 2.05. The predicted octanol–water partition coefficient (Wildman–Crippen LogP) is 2.98. The molecule has 0 aliphatic rings. The molecule has 12 heavy (non-hydrogen) atoms. The standard InChI is InChI=1S/C11H23N/c1-4-5-6-7-8-9-11(2)10-12-3/h8-9,11-12H,4-7,10H2,1-3H3/b9-8-. The molecule has 1 atom stereocenters. The summed E-state index contributed by atoms with van der Waals surface area (Å²) in [7, 11) is 2.00. The van der Waals surface area contributed by atoms with Crippen molar-refractivity contribution in [2.24, 2.45) is 5.92 Å². The van der Waals surface area contributed by atoms with Crippen LogP contribution in [0.1, 0.15) is 39.5 Å². The van der Waals surface area contributed by atoms with Gasteiger partial charge in [-0.3, -0.25) is 0 Å². The maximum Gasteiger partial charge on any atom is 0.000850 e. The van der Waals surface area contributed by atoms with Gasteiger partial charge in [-0.05, 0) is 25.8 Å². The molecule has 0 aromatic heterocycles. The summed E-state index contributed by atoms with van der Waals surface area (Å²) in [6.07, 6.45) is 9.91. The molecule has 0 aromatic rings. The van der Waals surface area contributed by atoms with Gasteiger partial charge >= 0.3 is 0 Å². The Bertz CT molecular complexity index is 108. The molecular formula is C11H23N. The van der Waals surface area contributed by atoms with E-state index in [2.05, 4.69) is 31.3 Å². The van der Waals surface area contributed by atoms with E-state index >= 15 is 0 Å². The van der Waals surface area contributed by atoms with E-state index in [-0.39, 0.29) is 0 Å². The van der Waals surface area contributed by atoms with E-state index in [9.17, 15) is 0 Å². The summed E-state index contributed by atoms with van der Waals surface area (Å²) < 4.78 is 0. The molecule has 0 aromatic carbocycles. The summed E-state index contributed by atoms with van der Waals surface area (Å²) in [5.41, 5.74) is 0. The molecular weight excluding hydrogens is 146 g/mol. The smallest absolute Gasteiger partial charge is 0.000850 e. The molecule has 0 bridgehead atoms. The van der Waals surface area contributed by atoms with Crippen LogP contribution in [0.2, 0.25) is 0 Å². The van der Waals surface area contributed by atoms with Crippen molar-refractivity contribution in [2.45, 2.75) is 39.5 Å². The fraction of sp³-hybridized carbons (Fsp3) is 0.818. The van der Waals surface area contributed by atoms with E-state index in [4.69, 9.17) is 0 Å². The molecule has 1 unspecified atom stereocenters. The Kier molecular flexibility index (Phi) is 8.57. The zero-order valence-electron chi connectivity index (χ0n) is 8.77. The van der Waals surface area contributed by atoms with Gasteiger partial charge in [-0.25, -0.2) is 0 Å². The second-order valence-corrected chi connectivity index (χ2v) is 3.46. The lowest BCUT2D eigenvalue weighted by molar-refractivity contribution is 0.645. The Hall–Kier alpha value is -0.300. The molecule has 0 aliphatic carbocycles. The monoisotopic (exact) mass is 169 g/mol. The molecule has 0 rings (SSSR count). The zero-order valence-corrected chi connectivity index (χ0v) is 8.77. The Morgan fingerprint density at radius 1 is 1.33 bits per heavy atom. The second kappa shape index (κ2) is 8.79. The number of hydrogen-bond acceptors (Lipinski definition) is 1. The van der Waals surface area contributed by atoms with Crippen LogP contribution in [0, 0.1) is 5.92 Å². The SMILES string of the molecule is CCCCC/C=C\C(C)CNC.